The summed E-state index contributed by atoms with van der Waals surface area (Å²) in [5.74, 6) is 1.36. The number of rotatable bonds is 7. The van der Waals surface area contributed by atoms with Crippen LogP contribution in [0.25, 0.3) is 0 Å². The van der Waals surface area contributed by atoms with E-state index >= 15 is 0 Å². The molecule has 0 radical (unpaired) electrons. The van der Waals surface area contributed by atoms with Crippen molar-refractivity contribution in [2.24, 2.45) is 4.99 Å². The third-order valence-electron chi connectivity index (χ3n) is 4.64. The first-order valence-corrected chi connectivity index (χ1v) is 10.9. The number of aliphatic imine (C=N–C) groups is 1. The molecule has 0 spiro atoms. The molecule has 2 unspecified atom stereocenters. The van der Waals surface area contributed by atoms with Crippen molar-refractivity contribution < 1.29 is 9.13 Å². The number of guanidine groups is 1. The molecule has 3 rings (SSSR count). The predicted octanol–water partition coefficient (Wildman–Crippen LogP) is 4.35. The van der Waals surface area contributed by atoms with Crippen LogP contribution in [0.15, 0.2) is 47.6 Å². The van der Waals surface area contributed by atoms with Gasteiger partial charge in [0.05, 0.1) is 6.54 Å². The van der Waals surface area contributed by atoms with Gasteiger partial charge in [0, 0.05) is 36.2 Å². The Labute approximate surface area is 170 Å². The van der Waals surface area contributed by atoms with Gasteiger partial charge in [-0.05, 0) is 50.1 Å². The minimum absolute atomic E-state index is 0.335. The quantitative estimate of drug-likeness (QED) is 0.533. The number of pyridine rings is 1. The number of nitrogens with one attached hydrogen (secondary N) is 2. The molecule has 1 aliphatic rings. The lowest BCUT2D eigenvalue weighted by atomic mass is 10.2. The number of hydrogen-bond acceptors (Lipinski definition) is 4. The molecule has 2 atom stereocenters. The van der Waals surface area contributed by atoms with E-state index in [1.54, 1.807) is 24.4 Å². The summed E-state index contributed by atoms with van der Waals surface area (Å²) in [5.41, 5.74) is 0.984. The molecule has 1 fully saturated rings. The minimum atomic E-state index is -0.335. The van der Waals surface area contributed by atoms with Crippen LogP contribution in [0.1, 0.15) is 31.7 Å². The van der Waals surface area contributed by atoms with Gasteiger partial charge in [0.2, 0.25) is 5.88 Å². The maximum Gasteiger partial charge on any atom is 0.219 e. The summed E-state index contributed by atoms with van der Waals surface area (Å²) in [5, 5.41) is 7.60. The van der Waals surface area contributed by atoms with Gasteiger partial charge in [0.15, 0.2) is 5.96 Å². The van der Waals surface area contributed by atoms with E-state index in [0.29, 0.717) is 24.2 Å². The van der Waals surface area contributed by atoms with Gasteiger partial charge in [-0.1, -0.05) is 12.1 Å². The minimum Gasteiger partial charge on any atom is -0.439 e. The van der Waals surface area contributed by atoms with Gasteiger partial charge in [0.25, 0.3) is 0 Å². The fourth-order valence-corrected chi connectivity index (χ4v) is 3.98. The van der Waals surface area contributed by atoms with Crippen molar-refractivity contribution >= 4 is 17.7 Å². The van der Waals surface area contributed by atoms with E-state index in [-0.39, 0.29) is 5.82 Å². The Morgan fingerprint density at radius 1 is 1.32 bits per heavy atom. The largest absolute Gasteiger partial charge is 0.439 e. The van der Waals surface area contributed by atoms with Crippen LogP contribution in [0.3, 0.4) is 0 Å². The Hall–Kier alpha value is -2.28. The highest BCUT2D eigenvalue weighted by molar-refractivity contribution is 7.99. The van der Waals surface area contributed by atoms with Crippen molar-refractivity contribution in [3.05, 3.63) is 54.0 Å². The molecule has 1 aromatic carbocycles. The number of hydrogen-bond donors (Lipinski definition) is 2. The molecule has 1 saturated carbocycles. The summed E-state index contributed by atoms with van der Waals surface area (Å²) in [6.45, 7) is 3.42. The highest BCUT2D eigenvalue weighted by Gasteiger charge is 2.24. The Balaban J connectivity index is 1.56. The Morgan fingerprint density at radius 3 is 2.89 bits per heavy atom. The van der Waals surface area contributed by atoms with Gasteiger partial charge in [0.1, 0.15) is 11.6 Å². The summed E-state index contributed by atoms with van der Waals surface area (Å²) in [6, 6.07) is 10.2. The van der Waals surface area contributed by atoms with Gasteiger partial charge in [-0.25, -0.2) is 14.4 Å². The van der Waals surface area contributed by atoms with Crippen molar-refractivity contribution in [2.45, 2.75) is 44.0 Å². The van der Waals surface area contributed by atoms with Gasteiger partial charge < -0.3 is 15.4 Å². The molecule has 2 aromatic rings. The topological polar surface area (TPSA) is 58.5 Å². The standard InChI is InChI=1S/C21H27FN4OS/c1-3-23-21(26-17-8-9-19(12-17)28-2)25-14-15-7-10-20(24-13-15)27-18-6-4-5-16(22)11-18/h4-7,10-11,13,17,19H,3,8-9,12,14H2,1-2H3,(H2,23,25,26). The molecule has 1 aliphatic carbocycles. The lowest BCUT2D eigenvalue weighted by Crippen LogP contribution is -2.42. The van der Waals surface area contributed by atoms with E-state index in [4.69, 9.17) is 4.74 Å². The number of benzene rings is 1. The fourth-order valence-electron chi connectivity index (χ4n) is 3.19. The van der Waals surface area contributed by atoms with E-state index in [1.165, 1.54) is 31.4 Å². The monoisotopic (exact) mass is 402 g/mol. The molecule has 1 aromatic heterocycles. The van der Waals surface area contributed by atoms with Crippen molar-refractivity contribution in [3.63, 3.8) is 0 Å². The summed E-state index contributed by atoms with van der Waals surface area (Å²) >= 11 is 1.95. The van der Waals surface area contributed by atoms with Gasteiger partial charge >= 0.3 is 0 Å². The van der Waals surface area contributed by atoms with Crippen LogP contribution in [-0.2, 0) is 6.54 Å². The highest BCUT2D eigenvalue weighted by Crippen LogP contribution is 2.28. The molecule has 0 aliphatic heterocycles. The lowest BCUT2D eigenvalue weighted by Gasteiger charge is -2.17. The van der Waals surface area contributed by atoms with E-state index in [1.807, 2.05) is 17.8 Å². The molecule has 7 heteroatoms. The second-order valence-corrected chi connectivity index (χ2v) is 7.91. The highest BCUT2D eigenvalue weighted by atomic mass is 32.2. The second-order valence-electron chi connectivity index (χ2n) is 6.77. The van der Waals surface area contributed by atoms with Crippen LogP contribution >= 0.6 is 11.8 Å². The third-order valence-corrected chi connectivity index (χ3v) is 5.73. The molecule has 28 heavy (non-hydrogen) atoms. The first-order valence-electron chi connectivity index (χ1n) is 9.62. The van der Waals surface area contributed by atoms with E-state index in [2.05, 4.69) is 33.8 Å². The molecular weight excluding hydrogens is 375 g/mol. The SMILES string of the molecule is CCNC(=NCc1ccc(Oc2cccc(F)c2)nc1)NC1CCC(SC)C1. The van der Waals surface area contributed by atoms with Crippen LogP contribution < -0.4 is 15.4 Å². The molecular formula is C21H27FN4OS. The maximum atomic E-state index is 13.2. The van der Waals surface area contributed by atoms with E-state index in [9.17, 15) is 4.39 Å². The number of ether oxygens (including phenoxy) is 1. The Kier molecular flexibility index (Phi) is 7.54. The van der Waals surface area contributed by atoms with Crippen LogP contribution in [0.2, 0.25) is 0 Å². The number of halogens is 1. The smallest absolute Gasteiger partial charge is 0.219 e. The van der Waals surface area contributed by atoms with Gasteiger partial charge in [-0.2, -0.15) is 11.8 Å². The third kappa shape index (κ3) is 6.12. The summed E-state index contributed by atoms with van der Waals surface area (Å²) in [6.07, 6.45) is 7.54. The molecule has 0 saturated heterocycles. The van der Waals surface area contributed by atoms with Crippen molar-refractivity contribution in [3.8, 4) is 11.6 Å². The molecule has 150 valence electrons. The second kappa shape index (κ2) is 10.3. The van der Waals surface area contributed by atoms with E-state index < -0.39 is 0 Å². The molecule has 1 heterocycles. The number of aromatic nitrogens is 1. The van der Waals surface area contributed by atoms with Crippen LogP contribution in [-0.4, -0.2) is 35.0 Å². The molecule has 5 nitrogen and oxygen atoms in total. The zero-order chi connectivity index (χ0) is 19.8. The van der Waals surface area contributed by atoms with Gasteiger partial charge in [-0.15, -0.1) is 0 Å². The van der Waals surface area contributed by atoms with Gasteiger partial charge in [-0.3, -0.25) is 0 Å². The molecule has 2 N–H and O–H groups in total. The average Bonchev–Trinajstić information content (AvgIpc) is 3.15. The first kappa shape index (κ1) is 20.5. The predicted molar refractivity (Wildman–Crippen MR) is 114 cm³/mol. The fraction of sp³-hybridized carbons (Fsp3) is 0.429. The number of thioether (sulfide) groups is 1. The van der Waals surface area contributed by atoms with Crippen LogP contribution in [0.4, 0.5) is 4.39 Å². The zero-order valence-electron chi connectivity index (χ0n) is 16.3. The van der Waals surface area contributed by atoms with Crippen LogP contribution in [0, 0.1) is 5.82 Å². The zero-order valence-corrected chi connectivity index (χ0v) is 17.1. The average molecular weight is 403 g/mol. The first-order chi connectivity index (χ1) is 13.7. The summed E-state index contributed by atoms with van der Waals surface area (Å²) in [4.78, 5) is 8.97. The molecule has 0 amide bonds. The van der Waals surface area contributed by atoms with Crippen molar-refractivity contribution in [2.75, 3.05) is 12.8 Å². The Morgan fingerprint density at radius 2 is 2.21 bits per heavy atom. The number of nitrogens with zero attached hydrogens (tertiary/aromatic N) is 2. The summed E-state index contributed by atoms with van der Waals surface area (Å²) < 4.78 is 18.8. The maximum absolute atomic E-state index is 13.2. The van der Waals surface area contributed by atoms with Crippen molar-refractivity contribution in [1.29, 1.82) is 0 Å². The molecule has 0 bridgehead atoms. The van der Waals surface area contributed by atoms with Crippen molar-refractivity contribution in [1.82, 2.24) is 15.6 Å². The summed E-state index contributed by atoms with van der Waals surface area (Å²) in [7, 11) is 0. The normalized spacial score (nSPS) is 19.5. The Bertz CT molecular complexity index is 784. The van der Waals surface area contributed by atoms with E-state index in [0.717, 1.165) is 23.3 Å². The van der Waals surface area contributed by atoms with Crippen LogP contribution in [0.5, 0.6) is 11.6 Å². The lowest BCUT2D eigenvalue weighted by molar-refractivity contribution is 0.457.